The number of fused-ring (bicyclic) bond motifs is 3. The number of nitrogen functional groups attached to an aromatic ring is 1. The van der Waals surface area contributed by atoms with Crippen LogP contribution in [0, 0.1) is 0 Å². The fourth-order valence-corrected chi connectivity index (χ4v) is 4.69. The van der Waals surface area contributed by atoms with Crippen molar-refractivity contribution >= 4 is 33.7 Å². The lowest BCUT2D eigenvalue weighted by Gasteiger charge is -2.15. The molecule has 3 aromatic heterocycles. The molecule has 1 atom stereocenters. The Morgan fingerprint density at radius 2 is 2.08 bits per heavy atom. The van der Waals surface area contributed by atoms with Crippen LogP contribution in [0.1, 0.15) is 37.3 Å². The molecule has 1 aromatic carbocycles. The van der Waals surface area contributed by atoms with Gasteiger partial charge in [-0.1, -0.05) is 31.5 Å². The Balaban J connectivity index is 0.00000156. The molecular formula is C27H37N7O3. The first kappa shape index (κ1) is 26.6. The van der Waals surface area contributed by atoms with Crippen molar-refractivity contribution in [1.29, 1.82) is 0 Å². The van der Waals surface area contributed by atoms with Crippen LogP contribution < -0.4 is 21.1 Å². The van der Waals surface area contributed by atoms with Crippen LogP contribution in [0.4, 0.5) is 11.8 Å². The number of benzene rings is 1. The summed E-state index contributed by atoms with van der Waals surface area (Å²) in [5.74, 6) is 1.63. The molecule has 4 heterocycles. The summed E-state index contributed by atoms with van der Waals surface area (Å²) in [4.78, 5) is 13.8. The van der Waals surface area contributed by atoms with E-state index in [0.717, 1.165) is 91.6 Å². The third-order valence-corrected chi connectivity index (χ3v) is 6.47. The molecular weight excluding hydrogens is 470 g/mol. The number of nitrogens with two attached hydrogens (primary N) is 1. The molecule has 5 rings (SSSR count). The summed E-state index contributed by atoms with van der Waals surface area (Å²) in [5.41, 5.74) is 11.1. The Bertz CT molecular complexity index is 1320. The molecule has 0 saturated carbocycles. The number of anilines is 2. The van der Waals surface area contributed by atoms with Crippen molar-refractivity contribution < 1.29 is 14.6 Å². The fourth-order valence-electron chi connectivity index (χ4n) is 4.69. The van der Waals surface area contributed by atoms with E-state index in [9.17, 15) is 0 Å². The molecule has 0 spiro atoms. The molecule has 1 saturated heterocycles. The van der Waals surface area contributed by atoms with E-state index in [1.54, 1.807) is 7.11 Å². The summed E-state index contributed by atoms with van der Waals surface area (Å²) in [6, 6.07) is 10.8. The van der Waals surface area contributed by atoms with E-state index in [4.69, 9.17) is 20.3 Å². The van der Waals surface area contributed by atoms with E-state index in [2.05, 4.69) is 55.3 Å². The molecule has 198 valence electrons. The molecule has 0 radical (unpaired) electrons. The van der Waals surface area contributed by atoms with Crippen molar-refractivity contribution in [3.63, 3.8) is 0 Å². The van der Waals surface area contributed by atoms with Gasteiger partial charge in [-0.25, -0.2) is 9.97 Å². The number of aromatic nitrogens is 4. The van der Waals surface area contributed by atoms with Crippen molar-refractivity contribution in [3.8, 4) is 5.88 Å². The summed E-state index contributed by atoms with van der Waals surface area (Å²) in [6.45, 7) is 5.86. The summed E-state index contributed by atoms with van der Waals surface area (Å²) in [7, 11) is 2.66. The normalized spacial score (nSPS) is 15.1. The number of nitrogens with one attached hydrogen (secondary N) is 2. The molecule has 1 aliphatic rings. The SMILES string of the molecule is CCCCNc1nc(N)nc2c3ccccc3n(Cc3cc(CNC4CCOC4)cnc3OC)c12.CO. The van der Waals surface area contributed by atoms with Gasteiger partial charge in [0.25, 0.3) is 0 Å². The number of hydrogen-bond donors (Lipinski definition) is 4. The van der Waals surface area contributed by atoms with Crippen LogP contribution in [0.15, 0.2) is 36.5 Å². The number of hydrogen-bond acceptors (Lipinski definition) is 9. The number of ether oxygens (including phenoxy) is 2. The maximum atomic E-state index is 7.00. The second-order valence-corrected chi connectivity index (χ2v) is 8.96. The van der Waals surface area contributed by atoms with Gasteiger partial charge in [-0.3, -0.25) is 0 Å². The van der Waals surface area contributed by atoms with Crippen LogP contribution in [0.3, 0.4) is 0 Å². The van der Waals surface area contributed by atoms with E-state index in [1.165, 1.54) is 0 Å². The van der Waals surface area contributed by atoms with Crippen LogP contribution in [0.2, 0.25) is 0 Å². The van der Waals surface area contributed by atoms with Crippen molar-refractivity contribution in [2.24, 2.45) is 0 Å². The predicted octanol–water partition coefficient (Wildman–Crippen LogP) is 3.32. The molecule has 10 heteroatoms. The van der Waals surface area contributed by atoms with Crippen LogP contribution in [0.25, 0.3) is 21.9 Å². The predicted molar refractivity (Wildman–Crippen MR) is 147 cm³/mol. The largest absolute Gasteiger partial charge is 0.481 e. The number of aliphatic hydroxyl groups excluding tert-OH is 1. The maximum absolute atomic E-state index is 7.00. The zero-order valence-corrected chi connectivity index (χ0v) is 21.8. The number of nitrogens with zero attached hydrogens (tertiary/aromatic N) is 4. The first-order valence-corrected chi connectivity index (χ1v) is 12.7. The Kier molecular flexibility index (Phi) is 9.10. The highest BCUT2D eigenvalue weighted by Crippen LogP contribution is 2.33. The van der Waals surface area contributed by atoms with Crippen LogP contribution in [0.5, 0.6) is 5.88 Å². The van der Waals surface area contributed by atoms with Crippen LogP contribution in [-0.4, -0.2) is 64.6 Å². The van der Waals surface area contributed by atoms with Gasteiger partial charge in [0.15, 0.2) is 5.82 Å². The van der Waals surface area contributed by atoms with Crippen LogP contribution >= 0.6 is 0 Å². The zero-order chi connectivity index (χ0) is 26.2. The molecule has 1 unspecified atom stereocenters. The average molecular weight is 508 g/mol. The van der Waals surface area contributed by atoms with Crippen molar-refractivity contribution in [1.82, 2.24) is 24.8 Å². The van der Waals surface area contributed by atoms with Gasteiger partial charge in [-0.2, -0.15) is 4.98 Å². The molecule has 10 nitrogen and oxygen atoms in total. The lowest BCUT2D eigenvalue weighted by atomic mass is 10.1. The van der Waals surface area contributed by atoms with Gasteiger partial charge < -0.3 is 35.5 Å². The Hall–Kier alpha value is -3.47. The highest BCUT2D eigenvalue weighted by Gasteiger charge is 2.20. The topological polar surface area (TPSA) is 132 Å². The number of para-hydroxylation sites is 1. The van der Waals surface area contributed by atoms with E-state index in [0.29, 0.717) is 18.5 Å². The number of pyridine rings is 1. The monoisotopic (exact) mass is 507 g/mol. The molecule has 5 N–H and O–H groups in total. The number of unbranched alkanes of at least 4 members (excludes halogenated alkanes) is 1. The maximum Gasteiger partial charge on any atom is 0.222 e. The molecule has 37 heavy (non-hydrogen) atoms. The fraction of sp³-hybridized carbons (Fsp3) is 0.444. The second kappa shape index (κ2) is 12.7. The first-order valence-electron chi connectivity index (χ1n) is 12.7. The lowest BCUT2D eigenvalue weighted by Crippen LogP contribution is -2.28. The summed E-state index contributed by atoms with van der Waals surface area (Å²) >= 11 is 0. The molecule has 0 bridgehead atoms. The van der Waals surface area contributed by atoms with Gasteiger partial charge in [0.1, 0.15) is 11.0 Å². The molecule has 1 aliphatic heterocycles. The van der Waals surface area contributed by atoms with Crippen LogP contribution in [-0.2, 0) is 17.8 Å². The van der Waals surface area contributed by atoms with Gasteiger partial charge in [-0.15, -0.1) is 0 Å². The highest BCUT2D eigenvalue weighted by molar-refractivity contribution is 6.09. The summed E-state index contributed by atoms with van der Waals surface area (Å²) in [6.07, 6.45) is 5.05. The van der Waals surface area contributed by atoms with Crippen molar-refractivity contribution in [3.05, 3.63) is 47.7 Å². The van der Waals surface area contributed by atoms with Gasteiger partial charge >= 0.3 is 0 Å². The summed E-state index contributed by atoms with van der Waals surface area (Å²) < 4.78 is 13.4. The van der Waals surface area contributed by atoms with E-state index >= 15 is 0 Å². The Morgan fingerprint density at radius 1 is 1.24 bits per heavy atom. The molecule has 0 amide bonds. The van der Waals surface area contributed by atoms with Crippen molar-refractivity contribution in [2.45, 2.75) is 45.3 Å². The quantitative estimate of drug-likeness (QED) is 0.239. The van der Waals surface area contributed by atoms with E-state index in [-0.39, 0.29) is 5.95 Å². The lowest BCUT2D eigenvalue weighted by molar-refractivity contribution is 0.190. The second-order valence-electron chi connectivity index (χ2n) is 8.96. The Morgan fingerprint density at radius 3 is 2.84 bits per heavy atom. The third kappa shape index (κ3) is 5.93. The zero-order valence-electron chi connectivity index (χ0n) is 21.8. The number of rotatable bonds is 10. The molecule has 1 fully saturated rings. The first-order chi connectivity index (χ1) is 18.2. The third-order valence-electron chi connectivity index (χ3n) is 6.47. The average Bonchev–Trinajstić information content (AvgIpc) is 3.56. The van der Waals surface area contributed by atoms with Gasteiger partial charge in [0, 0.05) is 50.0 Å². The van der Waals surface area contributed by atoms with Gasteiger partial charge in [-0.05, 0) is 30.5 Å². The smallest absolute Gasteiger partial charge is 0.222 e. The molecule has 4 aromatic rings. The minimum absolute atomic E-state index is 0.266. The summed E-state index contributed by atoms with van der Waals surface area (Å²) in [5, 5.41) is 15.1. The standard InChI is InChI=1S/C26H33N7O2.CH4O/c1-3-4-10-28-24-23-22(31-26(27)32-24)20-7-5-6-8-21(20)33(23)15-18-12-17(14-30-25(18)34-2)13-29-19-9-11-35-16-19;1-2/h5-8,12,14,19,29H,3-4,9-11,13,15-16H2,1-2H3,(H3,27,28,31,32);2H,1H3. The minimum atomic E-state index is 0.266. The van der Waals surface area contributed by atoms with Gasteiger partial charge in [0.2, 0.25) is 11.8 Å². The minimum Gasteiger partial charge on any atom is -0.481 e. The number of methoxy groups -OCH3 is 1. The van der Waals surface area contributed by atoms with Gasteiger partial charge in [0.05, 0.1) is 25.8 Å². The highest BCUT2D eigenvalue weighted by atomic mass is 16.5. The van der Waals surface area contributed by atoms with E-state index in [1.807, 2.05) is 18.3 Å². The molecule has 0 aliphatic carbocycles. The number of aliphatic hydroxyl groups is 1. The Labute approximate surface area is 217 Å². The van der Waals surface area contributed by atoms with Crippen molar-refractivity contribution in [2.75, 3.05) is 45.0 Å². The van der Waals surface area contributed by atoms with E-state index < -0.39 is 0 Å².